The average Bonchev–Trinajstić information content (AvgIpc) is 3.54. The lowest BCUT2D eigenvalue weighted by atomic mass is 9.57. The summed E-state index contributed by atoms with van der Waals surface area (Å²) in [5, 5.41) is 0. The molecule has 2 N–H and O–H groups in total. The van der Waals surface area contributed by atoms with Gasteiger partial charge in [0.15, 0.2) is 0 Å². The zero-order valence-corrected chi connectivity index (χ0v) is 26.0. The quantitative estimate of drug-likeness (QED) is 0.235. The minimum Gasteiger partial charge on any atom is -0.466 e. The van der Waals surface area contributed by atoms with Crippen molar-refractivity contribution in [2.75, 3.05) is 13.2 Å². The van der Waals surface area contributed by atoms with Gasteiger partial charge < -0.3 is 15.2 Å². The maximum atomic E-state index is 13.7. The molecule has 0 bridgehead atoms. The fraction of sp³-hybridized carbons (Fsp3) is 0.765. The topological polar surface area (TPSA) is 78.6 Å². The van der Waals surface area contributed by atoms with Gasteiger partial charge in [-0.15, -0.1) is 0 Å². The Hall–Kier alpha value is -1.88. The molecule has 3 aliphatic carbocycles. The first-order chi connectivity index (χ1) is 18.2. The Bertz CT molecular complexity index is 955. The number of ether oxygens (including phenoxy) is 2. The molecule has 3 aliphatic rings. The van der Waals surface area contributed by atoms with E-state index < -0.39 is 17.3 Å². The van der Waals surface area contributed by atoms with Crippen LogP contribution in [-0.4, -0.2) is 31.2 Å². The number of carbonyl (C=O) groups is 2. The van der Waals surface area contributed by atoms with Crippen LogP contribution < -0.4 is 5.73 Å². The van der Waals surface area contributed by atoms with Crippen molar-refractivity contribution in [2.24, 2.45) is 63.4 Å². The Morgan fingerprint density at radius 1 is 1.03 bits per heavy atom. The number of fused-ring (bicyclic) bond motifs is 1. The standard InChI is InChI=1S/C34H55NO4/c1-10-34(33(8,9)19-18-23-20-27(32(5,6)7)26-15-13-14-25(23)26)21-24(17-16-22(4)35)28(30(36)38-11-2)29(34)31(37)39-12-3/h13-14,16-19,22-29H,10-12,15,20-21,35H2,1-9H3. The number of rotatable bonds is 10. The maximum absolute atomic E-state index is 13.7. The second kappa shape index (κ2) is 12.3. The fourth-order valence-electron chi connectivity index (χ4n) is 8.35. The molecular weight excluding hydrogens is 486 g/mol. The molecular formula is C34H55NO4. The zero-order valence-electron chi connectivity index (χ0n) is 26.0. The summed E-state index contributed by atoms with van der Waals surface area (Å²) >= 11 is 0. The minimum atomic E-state index is -0.592. The highest BCUT2D eigenvalue weighted by atomic mass is 16.5. The first kappa shape index (κ1) is 31.6. The second-order valence-electron chi connectivity index (χ2n) is 14.0. The monoisotopic (exact) mass is 541 g/mol. The Morgan fingerprint density at radius 2 is 1.67 bits per heavy atom. The third-order valence-electron chi connectivity index (χ3n) is 10.4. The van der Waals surface area contributed by atoms with Gasteiger partial charge in [-0.2, -0.15) is 0 Å². The van der Waals surface area contributed by atoms with Gasteiger partial charge in [-0.25, -0.2) is 0 Å². The van der Waals surface area contributed by atoms with E-state index >= 15 is 0 Å². The van der Waals surface area contributed by atoms with Gasteiger partial charge in [0, 0.05) is 6.04 Å². The molecule has 0 heterocycles. The van der Waals surface area contributed by atoms with Gasteiger partial charge in [0.25, 0.3) is 0 Å². The molecule has 2 fully saturated rings. The van der Waals surface area contributed by atoms with Crippen LogP contribution >= 0.6 is 0 Å². The van der Waals surface area contributed by atoms with Crippen LogP contribution in [0.2, 0.25) is 0 Å². The van der Waals surface area contributed by atoms with Crippen molar-refractivity contribution in [1.82, 2.24) is 0 Å². The predicted octanol–water partition coefficient (Wildman–Crippen LogP) is 7.12. The number of nitrogens with two attached hydrogens (primary N) is 1. The second-order valence-corrected chi connectivity index (χ2v) is 14.0. The van der Waals surface area contributed by atoms with E-state index in [-0.39, 0.29) is 47.9 Å². The number of hydrogen-bond acceptors (Lipinski definition) is 5. The van der Waals surface area contributed by atoms with Gasteiger partial charge in [-0.05, 0) is 92.3 Å². The lowest BCUT2D eigenvalue weighted by Gasteiger charge is -2.46. The Morgan fingerprint density at radius 3 is 2.23 bits per heavy atom. The van der Waals surface area contributed by atoms with Gasteiger partial charge in [0.05, 0.1) is 25.0 Å². The summed E-state index contributed by atoms with van der Waals surface area (Å²) in [7, 11) is 0. The van der Waals surface area contributed by atoms with Crippen molar-refractivity contribution >= 4 is 11.9 Å². The van der Waals surface area contributed by atoms with Crippen LogP contribution in [-0.2, 0) is 19.1 Å². The average molecular weight is 542 g/mol. The van der Waals surface area contributed by atoms with Crippen LogP contribution in [0.3, 0.4) is 0 Å². The van der Waals surface area contributed by atoms with Gasteiger partial charge in [-0.1, -0.05) is 78.0 Å². The summed E-state index contributed by atoms with van der Waals surface area (Å²) in [6.07, 6.45) is 17.5. The Balaban J connectivity index is 2.04. The maximum Gasteiger partial charge on any atom is 0.310 e. The van der Waals surface area contributed by atoms with E-state index in [1.807, 2.05) is 26.8 Å². The van der Waals surface area contributed by atoms with E-state index in [1.54, 1.807) is 0 Å². The molecule has 0 aromatic rings. The molecule has 9 unspecified atom stereocenters. The molecule has 2 saturated carbocycles. The van der Waals surface area contributed by atoms with E-state index in [4.69, 9.17) is 15.2 Å². The van der Waals surface area contributed by atoms with Crippen LogP contribution in [0.15, 0.2) is 36.5 Å². The third-order valence-corrected chi connectivity index (χ3v) is 10.4. The molecule has 0 saturated heterocycles. The van der Waals surface area contributed by atoms with Crippen molar-refractivity contribution in [1.29, 1.82) is 0 Å². The van der Waals surface area contributed by atoms with Crippen LogP contribution in [0, 0.1) is 57.7 Å². The zero-order chi connectivity index (χ0) is 29.2. The largest absolute Gasteiger partial charge is 0.466 e. The molecule has 0 spiro atoms. The molecule has 0 radical (unpaired) electrons. The summed E-state index contributed by atoms with van der Waals surface area (Å²) in [5.41, 5.74) is 5.54. The molecule has 0 aromatic carbocycles. The van der Waals surface area contributed by atoms with Crippen LogP contribution in [0.5, 0.6) is 0 Å². The van der Waals surface area contributed by atoms with Crippen LogP contribution in [0.25, 0.3) is 0 Å². The molecule has 0 amide bonds. The summed E-state index contributed by atoms with van der Waals surface area (Å²) in [6.45, 7) is 19.9. The van der Waals surface area contributed by atoms with Crippen molar-refractivity contribution < 1.29 is 19.1 Å². The predicted molar refractivity (Wildman–Crippen MR) is 159 cm³/mol. The van der Waals surface area contributed by atoms with E-state index in [0.717, 1.165) is 6.42 Å². The van der Waals surface area contributed by atoms with Crippen molar-refractivity contribution in [2.45, 2.75) is 94.0 Å². The number of esters is 2. The smallest absolute Gasteiger partial charge is 0.310 e. The summed E-state index contributed by atoms with van der Waals surface area (Å²) in [6, 6.07) is -0.135. The van der Waals surface area contributed by atoms with Crippen LogP contribution in [0.1, 0.15) is 88.0 Å². The minimum absolute atomic E-state index is 0.135. The number of allylic oxidation sites excluding steroid dienone is 5. The number of carbonyl (C=O) groups excluding carboxylic acids is 2. The molecule has 5 nitrogen and oxygen atoms in total. The lowest BCUT2D eigenvalue weighted by Crippen LogP contribution is -2.46. The van der Waals surface area contributed by atoms with Crippen molar-refractivity contribution in [3.63, 3.8) is 0 Å². The highest BCUT2D eigenvalue weighted by molar-refractivity contribution is 5.84. The van der Waals surface area contributed by atoms with Crippen molar-refractivity contribution in [3.8, 4) is 0 Å². The molecule has 5 heteroatoms. The van der Waals surface area contributed by atoms with E-state index in [2.05, 4.69) is 71.9 Å². The van der Waals surface area contributed by atoms with Gasteiger partial charge >= 0.3 is 11.9 Å². The molecule has 220 valence electrons. The Labute approximate surface area is 238 Å². The highest BCUT2D eigenvalue weighted by Gasteiger charge is 2.63. The fourth-order valence-corrected chi connectivity index (χ4v) is 8.35. The SMILES string of the molecule is CCOC(=O)C1C(C=CC(C)N)CC(CC)(C(C)(C)C=CC2CC(C(C)(C)C)C3CC=CC23)C1C(=O)OCC. The van der Waals surface area contributed by atoms with Gasteiger partial charge in [0.2, 0.25) is 0 Å². The van der Waals surface area contributed by atoms with Crippen LogP contribution in [0.4, 0.5) is 0 Å². The summed E-state index contributed by atoms with van der Waals surface area (Å²) in [5.74, 6) is 0.546. The Kier molecular flexibility index (Phi) is 10.0. The third kappa shape index (κ3) is 6.24. The van der Waals surface area contributed by atoms with E-state index in [0.29, 0.717) is 30.1 Å². The van der Waals surface area contributed by atoms with Crippen molar-refractivity contribution in [3.05, 3.63) is 36.5 Å². The molecule has 39 heavy (non-hydrogen) atoms. The molecule has 0 aromatic heterocycles. The van der Waals surface area contributed by atoms with Gasteiger partial charge in [-0.3, -0.25) is 9.59 Å². The summed E-state index contributed by atoms with van der Waals surface area (Å²) in [4.78, 5) is 27.2. The normalized spacial score (nSPS) is 35.6. The van der Waals surface area contributed by atoms with Gasteiger partial charge in [0.1, 0.15) is 0 Å². The molecule has 0 aliphatic heterocycles. The summed E-state index contributed by atoms with van der Waals surface area (Å²) < 4.78 is 11.2. The van der Waals surface area contributed by atoms with E-state index in [9.17, 15) is 9.59 Å². The molecule has 3 rings (SSSR count). The first-order valence-corrected chi connectivity index (χ1v) is 15.4. The molecule has 9 atom stereocenters. The lowest BCUT2D eigenvalue weighted by molar-refractivity contribution is -0.166. The number of hydrogen-bond donors (Lipinski definition) is 1. The highest BCUT2D eigenvalue weighted by Crippen LogP contribution is 2.63. The van der Waals surface area contributed by atoms with E-state index in [1.165, 1.54) is 12.8 Å². The first-order valence-electron chi connectivity index (χ1n) is 15.4.